The number of halogens is 1. The number of benzene rings is 2. The highest BCUT2D eigenvalue weighted by atomic mass is 35.5. The van der Waals surface area contributed by atoms with Gasteiger partial charge in [-0.3, -0.25) is 14.7 Å². The predicted molar refractivity (Wildman–Crippen MR) is 127 cm³/mol. The van der Waals surface area contributed by atoms with Crippen LogP contribution in [0, 0.1) is 6.92 Å². The summed E-state index contributed by atoms with van der Waals surface area (Å²) in [5, 5.41) is 1.35. The number of rotatable bonds is 7. The third-order valence-electron chi connectivity index (χ3n) is 4.65. The molecule has 2 aromatic heterocycles. The lowest BCUT2D eigenvalue weighted by molar-refractivity contribution is -0.116. The maximum absolute atomic E-state index is 13.2. The van der Waals surface area contributed by atoms with Crippen LogP contribution in [-0.4, -0.2) is 21.6 Å². The Labute approximate surface area is 188 Å². The second-order valence-corrected chi connectivity index (χ2v) is 9.20. The Morgan fingerprint density at radius 1 is 1.10 bits per heavy atom. The van der Waals surface area contributed by atoms with Crippen molar-refractivity contribution in [1.29, 1.82) is 0 Å². The fraction of sp³-hybridized carbons (Fsp3) is 0.174. The maximum atomic E-state index is 13.2. The molecule has 0 aliphatic rings. The summed E-state index contributed by atoms with van der Waals surface area (Å²) >= 11 is 9.37. The molecular formula is C23H20ClN3OS2. The highest BCUT2D eigenvalue weighted by Crippen LogP contribution is 2.34. The van der Waals surface area contributed by atoms with Gasteiger partial charge in [-0.1, -0.05) is 59.3 Å². The molecule has 0 atom stereocenters. The molecule has 0 unspecified atom stereocenters. The van der Waals surface area contributed by atoms with Gasteiger partial charge in [0.2, 0.25) is 5.91 Å². The molecule has 152 valence electrons. The number of nitrogens with zero attached hydrogens (tertiary/aromatic N) is 3. The van der Waals surface area contributed by atoms with Crippen LogP contribution in [0.2, 0.25) is 5.02 Å². The molecule has 4 nitrogen and oxygen atoms in total. The van der Waals surface area contributed by atoms with Gasteiger partial charge in [-0.2, -0.15) is 0 Å². The van der Waals surface area contributed by atoms with Gasteiger partial charge in [0.05, 0.1) is 28.2 Å². The Morgan fingerprint density at radius 3 is 2.67 bits per heavy atom. The molecule has 0 bridgehead atoms. The van der Waals surface area contributed by atoms with E-state index in [-0.39, 0.29) is 5.91 Å². The predicted octanol–water partition coefficient (Wildman–Crippen LogP) is 6.12. The first kappa shape index (κ1) is 20.8. The van der Waals surface area contributed by atoms with Crippen molar-refractivity contribution in [3.8, 4) is 0 Å². The van der Waals surface area contributed by atoms with Crippen LogP contribution < -0.4 is 4.90 Å². The van der Waals surface area contributed by atoms with E-state index in [9.17, 15) is 4.79 Å². The Morgan fingerprint density at radius 2 is 1.90 bits per heavy atom. The number of aryl methyl sites for hydroxylation is 1. The van der Waals surface area contributed by atoms with Crippen molar-refractivity contribution >= 4 is 56.0 Å². The van der Waals surface area contributed by atoms with Crippen LogP contribution in [0.1, 0.15) is 16.8 Å². The van der Waals surface area contributed by atoms with Gasteiger partial charge >= 0.3 is 0 Å². The molecule has 1 amide bonds. The van der Waals surface area contributed by atoms with Crippen molar-refractivity contribution in [2.24, 2.45) is 0 Å². The lowest BCUT2D eigenvalue weighted by Crippen LogP contribution is -2.32. The molecule has 0 saturated heterocycles. The van der Waals surface area contributed by atoms with Crippen molar-refractivity contribution in [3.63, 3.8) is 0 Å². The number of amides is 1. The van der Waals surface area contributed by atoms with E-state index in [0.717, 1.165) is 27.2 Å². The zero-order valence-electron chi connectivity index (χ0n) is 16.4. The maximum Gasteiger partial charge on any atom is 0.239 e. The summed E-state index contributed by atoms with van der Waals surface area (Å²) in [7, 11) is 0. The van der Waals surface area contributed by atoms with Crippen molar-refractivity contribution < 1.29 is 4.79 Å². The van der Waals surface area contributed by atoms with Crippen LogP contribution in [0.5, 0.6) is 0 Å². The van der Waals surface area contributed by atoms with E-state index in [1.165, 1.54) is 16.9 Å². The molecule has 2 aromatic carbocycles. The van der Waals surface area contributed by atoms with E-state index in [4.69, 9.17) is 16.6 Å². The molecule has 30 heavy (non-hydrogen) atoms. The van der Waals surface area contributed by atoms with E-state index < -0.39 is 0 Å². The smallest absolute Gasteiger partial charge is 0.239 e. The van der Waals surface area contributed by atoms with Crippen LogP contribution >= 0.6 is 34.7 Å². The van der Waals surface area contributed by atoms with Gasteiger partial charge in [0.1, 0.15) is 0 Å². The summed E-state index contributed by atoms with van der Waals surface area (Å²) in [5.74, 6) is 1.18. The topological polar surface area (TPSA) is 46.1 Å². The van der Waals surface area contributed by atoms with E-state index in [0.29, 0.717) is 22.5 Å². The summed E-state index contributed by atoms with van der Waals surface area (Å²) < 4.78 is 1.02. The van der Waals surface area contributed by atoms with Crippen LogP contribution in [0.3, 0.4) is 0 Å². The number of pyridine rings is 1. The third-order valence-corrected chi connectivity index (χ3v) is 7.09. The number of thioether (sulfide) groups is 1. The lowest BCUT2D eigenvalue weighted by Gasteiger charge is -2.19. The van der Waals surface area contributed by atoms with Crippen LogP contribution in [-0.2, 0) is 17.1 Å². The van der Waals surface area contributed by atoms with Gasteiger partial charge in [0.25, 0.3) is 0 Å². The molecule has 2 heterocycles. The Kier molecular flexibility index (Phi) is 6.67. The lowest BCUT2D eigenvalue weighted by atomic mass is 10.2. The Balaban J connectivity index is 1.57. The van der Waals surface area contributed by atoms with E-state index in [1.807, 2.05) is 55.5 Å². The molecule has 0 spiro atoms. The first-order chi connectivity index (χ1) is 14.6. The monoisotopic (exact) mass is 453 g/mol. The minimum atomic E-state index is 0.0180. The number of aromatic nitrogens is 2. The molecule has 0 fully saturated rings. The normalized spacial score (nSPS) is 11.0. The standard InChI is InChI=1S/C23H20ClN3OS2/c1-16-19(24)10-11-20-22(16)26-23(30-20)27(13-18-9-5-6-12-25-18)21(28)15-29-14-17-7-3-2-4-8-17/h2-12H,13-15H2,1H3. The van der Waals surface area contributed by atoms with Crippen LogP contribution in [0.25, 0.3) is 10.2 Å². The number of hydrogen-bond donors (Lipinski definition) is 0. The second-order valence-electron chi connectivity index (χ2n) is 6.79. The van der Waals surface area contributed by atoms with Gasteiger partial charge in [0.15, 0.2) is 5.13 Å². The molecular weight excluding hydrogens is 434 g/mol. The average molecular weight is 454 g/mol. The highest BCUT2D eigenvalue weighted by molar-refractivity contribution is 7.99. The zero-order valence-corrected chi connectivity index (χ0v) is 18.8. The molecule has 0 radical (unpaired) electrons. The Bertz CT molecular complexity index is 1150. The molecule has 0 aliphatic heterocycles. The van der Waals surface area contributed by atoms with E-state index >= 15 is 0 Å². The summed E-state index contributed by atoms with van der Waals surface area (Å²) in [5.41, 5.74) is 3.81. The van der Waals surface area contributed by atoms with Gasteiger partial charge in [-0.25, -0.2) is 4.98 Å². The molecule has 0 saturated carbocycles. The number of hydrogen-bond acceptors (Lipinski definition) is 5. The fourth-order valence-corrected chi connectivity index (χ4v) is 5.08. The minimum absolute atomic E-state index is 0.0180. The van der Waals surface area contributed by atoms with Gasteiger partial charge in [-0.15, -0.1) is 11.8 Å². The van der Waals surface area contributed by atoms with Crippen molar-refractivity contribution in [3.05, 3.63) is 88.7 Å². The summed E-state index contributed by atoms with van der Waals surface area (Å²) in [6.45, 7) is 2.34. The van der Waals surface area contributed by atoms with E-state index in [1.54, 1.807) is 22.9 Å². The summed E-state index contributed by atoms with van der Waals surface area (Å²) in [4.78, 5) is 24.1. The quantitative estimate of drug-likeness (QED) is 0.338. The largest absolute Gasteiger partial charge is 0.281 e. The zero-order chi connectivity index (χ0) is 20.9. The Hall–Kier alpha value is -2.41. The average Bonchev–Trinajstić information content (AvgIpc) is 3.21. The van der Waals surface area contributed by atoms with Gasteiger partial charge in [-0.05, 0) is 42.3 Å². The van der Waals surface area contributed by atoms with Crippen molar-refractivity contribution in [1.82, 2.24) is 9.97 Å². The molecule has 0 aliphatic carbocycles. The molecule has 4 rings (SSSR count). The molecule has 7 heteroatoms. The first-order valence-corrected chi connectivity index (χ1v) is 11.8. The number of anilines is 1. The number of carbonyl (C=O) groups excluding carboxylic acids is 1. The highest BCUT2D eigenvalue weighted by Gasteiger charge is 2.21. The first-order valence-electron chi connectivity index (χ1n) is 9.49. The molecule has 0 N–H and O–H groups in total. The van der Waals surface area contributed by atoms with Crippen molar-refractivity contribution in [2.75, 3.05) is 10.7 Å². The third kappa shape index (κ3) is 4.83. The molecule has 4 aromatic rings. The van der Waals surface area contributed by atoms with Crippen LogP contribution in [0.15, 0.2) is 66.9 Å². The van der Waals surface area contributed by atoms with Crippen LogP contribution in [0.4, 0.5) is 5.13 Å². The minimum Gasteiger partial charge on any atom is -0.281 e. The fourth-order valence-electron chi connectivity index (χ4n) is 3.03. The number of carbonyl (C=O) groups is 1. The number of thiazole rings is 1. The van der Waals surface area contributed by atoms with Gasteiger partial charge in [0, 0.05) is 17.0 Å². The number of fused-ring (bicyclic) bond motifs is 1. The second kappa shape index (κ2) is 9.60. The summed E-state index contributed by atoms with van der Waals surface area (Å²) in [6.07, 6.45) is 1.74. The SMILES string of the molecule is Cc1c(Cl)ccc2sc(N(Cc3ccccn3)C(=O)CSCc3ccccc3)nc12. The van der Waals surface area contributed by atoms with Crippen molar-refractivity contribution in [2.45, 2.75) is 19.2 Å². The van der Waals surface area contributed by atoms with E-state index in [2.05, 4.69) is 17.1 Å². The summed E-state index contributed by atoms with van der Waals surface area (Å²) in [6, 6.07) is 19.7. The van der Waals surface area contributed by atoms with Gasteiger partial charge < -0.3 is 0 Å².